The Labute approximate surface area is 228 Å². The average Bonchev–Trinajstić information content (AvgIpc) is 2.76. The summed E-state index contributed by atoms with van der Waals surface area (Å²) < 4.78 is 81.0. The third-order valence-electron chi connectivity index (χ3n) is 5.18. The maximum Gasteiger partial charge on any atom is 0.406 e. The molecule has 1 unspecified atom stereocenters. The van der Waals surface area contributed by atoms with Gasteiger partial charge in [-0.3, -0.25) is 9.59 Å². The molecule has 0 saturated carbocycles. The van der Waals surface area contributed by atoms with Crippen molar-refractivity contribution in [2.75, 3.05) is 13.6 Å². The van der Waals surface area contributed by atoms with E-state index >= 15 is 4.39 Å². The largest absolute Gasteiger partial charge is 0.406 e. The van der Waals surface area contributed by atoms with Gasteiger partial charge in [0.2, 0.25) is 5.91 Å². The smallest absolute Gasteiger partial charge is 0.337 e. The molecule has 0 spiro atoms. The highest BCUT2D eigenvalue weighted by molar-refractivity contribution is 6.48. The number of hydrogen-bond acceptors (Lipinski definition) is 2. The molecule has 2 rings (SSSR count). The molecular formula is C24H19Cl4F6NO2. The molecule has 0 fully saturated rings. The standard InChI is InChI=1S/C24H19Cl4F6NO2/c1-23(30,31)15(13-8-17(26)22(28)18(27)9-13)10-19(29)12-3-4-14(16(25)7-12)20(36)5-6-21(37)35(2)11-24(32,33)34/h3-4,7-10,15H,5-6,11H2,1-2H3/b19-10-. The Morgan fingerprint density at radius 3 is 2.00 bits per heavy atom. The molecule has 13 heteroatoms. The van der Waals surface area contributed by atoms with Crippen LogP contribution in [0.4, 0.5) is 26.3 Å². The van der Waals surface area contributed by atoms with E-state index in [-0.39, 0.29) is 36.8 Å². The van der Waals surface area contributed by atoms with E-state index in [0.717, 1.165) is 37.4 Å². The first-order chi connectivity index (χ1) is 16.9. The number of Topliss-reactive ketones (excluding diaryl/α,β-unsaturated/α-hetero) is 1. The minimum absolute atomic E-state index is 0.0459. The number of alkyl halides is 5. The summed E-state index contributed by atoms with van der Waals surface area (Å²) in [6.07, 6.45) is -4.88. The van der Waals surface area contributed by atoms with Crippen LogP contribution in [0.3, 0.4) is 0 Å². The van der Waals surface area contributed by atoms with Gasteiger partial charge in [-0.2, -0.15) is 13.2 Å². The molecule has 0 N–H and O–H groups in total. The lowest BCUT2D eigenvalue weighted by Gasteiger charge is -2.22. The fourth-order valence-electron chi connectivity index (χ4n) is 3.33. The molecule has 202 valence electrons. The van der Waals surface area contributed by atoms with Gasteiger partial charge in [-0.1, -0.05) is 52.5 Å². The van der Waals surface area contributed by atoms with Crippen molar-refractivity contribution < 1.29 is 35.9 Å². The summed E-state index contributed by atoms with van der Waals surface area (Å²) in [5.41, 5.74) is -0.429. The predicted octanol–water partition coefficient (Wildman–Crippen LogP) is 9.03. The van der Waals surface area contributed by atoms with E-state index in [4.69, 9.17) is 46.4 Å². The summed E-state index contributed by atoms with van der Waals surface area (Å²) in [5, 5.41) is -0.475. The van der Waals surface area contributed by atoms with E-state index in [0.29, 0.717) is 17.9 Å². The van der Waals surface area contributed by atoms with Crippen LogP contribution in [0.1, 0.15) is 47.2 Å². The highest BCUT2D eigenvalue weighted by Crippen LogP contribution is 2.41. The predicted molar refractivity (Wildman–Crippen MR) is 133 cm³/mol. The molecule has 2 aromatic rings. The Bertz CT molecular complexity index is 1190. The lowest BCUT2D eigenvalue weighted by Crippen LogP contribution is -2.35. The third kappa shape index (κ3) is 8.80. The van der Waals surface area contributed by atoms with E-state index in [1.807, 2.05) is 0 Å². The molecule has 0 aliphatic heterocycles. The molecule has 0 aliphatic carbocycles. The second-order valence-corrected chi connectivity index (χ2v) is 9.83. The molecule has 0 bridgehead atoms. The van der Waals surface area contributed by atoms with E-state index in [1.165, 1.54) is 0 Å². The van der Waals surface area contributed by atoms with Crippen molar-refractivity contribution in [3.63, 3.8) is 0 Å². The number of hydrogen-bond donors (Lipinski definition) is 0. The van der Waals surface area contributed by atoms with E-state index in [2.05, 4.69) is 0 Å². The zero-order valence-corrected chi connectivity index (χ0v) is 22.2. The van der Waals surface area contributed by atoms with Crippen LogP contribution in [0.2, 0.25) is 20.1 Å². The third-order valence-corrected chi connectivity index (χ3v) is 6.69. The summed E-state index contributed by atoms with van der Waals surface area (Å²) in [6, 6.07) is 5.57. The molecule has 37 heavy (non-hydrogen) atoms. The molecule has 2 aromatic carbocycles. The van der Waals surface area contributed by atoms with Crippen molar-refractivity contribution in [3.05, 3.63) is 73.2 Å². The zero-order chi connectivity index (χ0) is 28.3. The summed E-state index contributed by atoms with van der Waals surface area (Å²) in [4.78, 5) is 24.7. The maximum atomic E-state index is 15.0. The van der Waals surface area contributed by atoms with Gasteiger partial charge in [0, 0.05) is 37.9 Å². The van der Waals surface area contributed by atoms with Crippen LogP contribution in [0.15, 0.2) is 36.4 Å². The molecule has 0 aliphatic rings. The van der Waals surface area contributed by atoms with E-state index in [9.17, 15) is 31.5 Å². The second-order valence-electron chi connectivity index (χ2n) is 8.23. The summed E-state index contributed by atoms with van der Waals surface area (Å²) in [5.74, 6) is -7.89. The van der Waals surface area contributed by atoms with Gasteiger partial charge in [-0.05, 0) is 35.9 Å². The van der Waals surface area contributed by atoms with Crippen LogP contribution in [-0.4, -0.2) is 42.3 Å². The maximum absolute atomic E-state index is 15.0. The summed E-state index contributed by atoms with van der Waals surface area (Å²) >= 11 is 23.8. The molecule has 0 saturated heterocycles. The number of carbonyl (C=O) groups excluding carboxylic acids is 2. The van der Waals surface area contributed by atoms with Crippen molar-refractivity contribution in [3.8, 4) is 0 Å². The number of allylic oxidation sites excluding steroid dienone is 1. The lowest BCUT2D eigenvalue weighted by molar-refractivity contribution is -0.158. The molecule has 0 radical (unpaired) electrons. The number of ketones is 1. The van der Waals surface area contributed by atoms with Gasteiger partial charge >= 0.3 is 6.18 Å². The van der Waals surface area contributed by atoms with Gasteiger partial charge < -0.3 is 4.90 Å². The molecule has 0 aromatic heterocycles. The normalized spacial score (nSPS) is 13.5. The fourth-order valence-corrected chi connectivity index (χ4v) is 4.22. The minimum Gasteiger partial charge on any atom is -0.337 e. The average molecular weight is 609 g/mol. The van der Waals surface area contributed by atoms with Crippen molar-refractivity contribution in [1.82, 2.24) is 4.90 Å². The van der Waals surface area contributed by atoms with Crippen LogP contribution in [0, 0.1) is 0 Å². The van der Waals surface area contributed by atoms with Crippen LogP contribution in [0.5, 0.6) is 0 Å². The topological polar surface area (TPSA) is 37.4 Å². The SMILES string of the molecule is CN(CC(F)(F)F)C(=O)CCC(=O)c1ccc(/C(F)=C/C(c2cc(Cl)c(Cl)c(Cl)c2)C(C)(F)F)cc1Cl. The van der Waals surface area contributed by atoms with Crippen molar-refractivity contribution in [2.24, 2.45) is 0 Å². The molecular weight excluding hydrogens is 590 g/mol. The first-order valence-corrected chi connectivity index (χ1v) is 11.9. The summed E-state index contributed by atoms with van der Waals surface area (Å²) in [7, 11) is 0.955. The number of amides is 1. The first-order valence-electron chi connectivity index (χ1n) is 10.4. The van der Waals surface area contributed by atoms with E-state index < -0.39 is 54.9 Å². The van der Waals surface area contributed by atoms with Gasteiger partial charge in [-0.25, -0.2) is 13.2 Å². The number of benzene rings is 2. The number of carbonyl (C=O) groups is 2. The Morgan fingerprint density at radius 1 is 0.946 bits per heavy atom. The lowest BCUT2D eigenvalue weighted by atomic mass is 9.91. The minimum atomic E-state index is -4.59. The second kappa shape index (κ2) is 12.3. The number of rotatable bonds is 9. The van der Waals surface area contributed by atoms with Gasteiger partial charge in [0.15, 0.2) is 5.78 Å². The van der Waals surface area contributed by atoms with Crippen molar-refractivity contribution >= 4 is 63.9 Å². The number of halogens is 10. The van der Waals surface area contributed by atoms with Gasteiger partial charge in [-0.15, -0.1) is 0 Å². The van der Waals surface area contributed by atoms with Crippen LogP contribution in [0.25, 0.3) is 5.83 Å². The Hall–Kier alpha value is -1.94. The van der Waals surface area contributed by atoms with Gasteiger partial charge in [0.25, 0.3) is 5.92 Å². The van der Waals surface area contributed by atoms with Crippen molar-refractivity contribution in [1.29, 1.82) is 0 Å². The Balaban J connectivity index is 2.24. The highest BCUT2D eigenvalue weighted by Gasteiger charge is 2.35. The monoisotopic (exact) mass is 607 g/mol. The van der Waals surface area contributed by atoms with Crippen LogP contribution < -0.4 is 0 Å². The zero-order valence-electron chi connectivity index (χ0n) is 19.2. The van der Waals surface area contributed by atoms with Crippen LogP contribution >= 0.6 is 46.4 Å². The highest BCUT2D eigenvalue weighted by atomic mass is 35.5. The molecule has 1 amide bonds. The summed E-state index contributed by atoms with van der Waals surface area (Å²) in [6.45, 7) is -0.882. The van der Waals surface area contributed by atoms with Crippen molar-refractivity contribution in [2.45, 2.75) is 37.8 Å². The molecule has 3 nitrogen and oxygen atoms in total. The molecule has 0 heterocycles. The van der Waals surface area contributed by atoms with Crippen LogP contribution in [-0.2, 0) is 4.79 Å². The fraction of sp³-hybridized carbons (Fsp3) is 0.333. The van der Waals surface area contributed by atoms with Gasteiger partial charge in [0.05, 0.1) is 26.0 Å². The number of nitrogens with zero attached hydrogens (tertiary/aromatic N) is 1. The quantitative estimate of drug-likeness (QED) is 0.162. The Morgan fingerprint density at radius 2 is 1.51 bits per heavy atom. The van der Waals surface area contributed by atoms with E-state index in [1.54, 1.807) is 0 Å². The van der Waals surface area contributed by atoms with Gasteiger partial charge in [0.1, 0.15) is 12.4 Å². The Kier molecular flexibility index (Phi) is 10.4. The molecule has 1 atom stereocenters. The first kappa shape index (κ1) is 31.3.